The lowest BCUT2D eigenvalue weighted by atomic mass is 9.84. The Labute approximate surface area is 138 Å². The molecule has 2 aliphatic rings. The lowest BCUT2D eigenvalue weighted by Crippen LogP contribution is -2.46. The number of amides is 1. The van der Waals surface area contributed by atoms with Gasteiger partial charge in [0.1, 0.15) is 11.7 Å². The van der Waals surface area contributed by atoms with Gasteiger partial charge < -0.3 is 14.4 Å². The van der Waals surface area contributed by atoms with Crippen LogP contribution in [0.3, 0.4) is 0 Å². The molecule has 0 aromatic carbocycles. The highest BCUT2D eigenvalue weighted by molar-refractivity contribution is 5.96. The van der Waals surface area contributed by atoms with Gasteiger partial charge in [0.15, 0.2) is 11.5 Å². The van der Waals surface area contributed by atoms with E-state index in [1.54, 1.807) is 29.4 Å². The van der Waals surface area contributed by atoms with Gasteiger partial charge in [-0.25, -0.2) is 4.79 Å². The molecule has 0 spiro atoms. The van der Waals surface area contributed by atoms with E-state index in [2.05, 4.69) is 10.2 Å². The molecule has 3 unspecified atom stereocenters. The number of furan rings is 1. The Bertz CT molecular complexity index is 752. The number of aromatic nitrogens is 2. The van der Waals surface area contributed by atoms with Gasteiger partial charge in [-0.15, -0.1) is 0 Å². The Morgan fingerprint density at radius 1 is 1.33 bits per heavy atom. The number of H-pyrrole nitrogens is 1. The molecule has 2 fully saturated rings. The summed E-state index contributed by atoms with van der Waals surface area (Å²) in [5.41, 5.74) is 0.841. The number of carboxylic acids is 1. The van der Waals surface area contributed by atoms with Crippen LogP contribution in [0.15, 0.2) is 28.9 Å². The maximum absolute atomic E-state index is 12.9. The molecule has 0 bridgehead atoms. The fourth-order valence-corrected chi connectivity index (χ4v) is 4.09. The Balaban J connectivity index is 1.63. The molecule has 4 rings (SSSR count). The van der Waals surface area contributed by atoms with Crippen molar-refractivity contribution in [2.24, 2.45) is 5.92 Å². The van der Waals surface area contributed by atoms with Crippen molar-refractivity contribution in [1.82, 2.24) is 15.1 Å². The summed E-state index contributed by atoms with van der Waals surface area (Å²) in [5.74, 6) is -0.369. The summed E-state index contributed by atoms with van der Waals surface area (Å²) in [5, 5.41) is 16.4. The third kappa shape index (κ3) is 2.40. The number of nitrogens with one attached hydrogen (secondary N) is 1. The van der Waals surface area contributed by atoms with Crippen molar-refractivity contribution in [3.63, 3.8) is 0 Å². The average molecular weight is 329 g/mol. The number of aliphatic carboxylic acids is 1. The van der Waals surface area contributed by atoms with Gasteiger partial charge in [-0.1, -0.05) is 12.8 Å². The monoisotopic (exact) mass is 329 g/mol. The standard InChI is InChI=1S/C17H19N3O4/c21-16(12-9-11(18-19-12)15-6-3-7-24-15)20-13-5-2-1-4-10(13)8-14(20)17(22)23/h3,6-7,9-10,13-14H,1-2,4-5,8H2,(H,18,19)(H,22,23). The molecule has 1 aliphatic carbocycles. The first-order valence-electron chi connectivity index (χ1n) is 8.30. The van der Waals surface area contributed by atoms with Crippen LogP contribution in [0.2, 0.25) is 0 Å². The van der Waals surface area contributed by atoms with Crippen LogP contribution in [0.1, 0.15) is 42.6 Å². The van der Waals surface area contributed by atoms with Gasteiger partial charge in [-0.2, -0.15) is 5.10 Å². The fourth-order valence-electron chi connectivity index (χ4n) is 4.09. The Morgan fingerprint density at radius 3 is 2.92 bits per heavy atom. The second-order valence-electron chi connectivity index (χ2n) is 6.56. The SMILES string of the molecule is O=C(O)C1CC2CCCCC2N1C(=O)c1cc(-c2ccco2)[nH]n1. The van der Waals surface area contributed by atoms with E-state index in [1.165, 1.54) is 0 Å². The lowest BCUT2D eigenvalue weighted by Gasteiger charge is -2.32. The van der Waals surface area contributed by atoms with Crippen molar-refractivity contribution in [1.29, 1.82) is 0 Å². The Kier molecular flexibility index (Phi) is 3.63. The second-order valence-corrected chi connectivity index (χ2v) is 6.56. The minimum atomic E-state index is -0.931. The molecule has 1 saturated heterocycles. The predicted molar refractivity (Wildman–Crippen MR) is 84.2 cm³/mol. The molecule has 2 N–H and O–H groups in total. The van der Waals surface area contributed by atoms with E-state index in [0.717, 1.165) is 25.7 Å². The highest BCUT2D eigenvalue weighted by atomic mass is 16.4. The van der Waals surface area contributed by atoms with E-state index < -0.39 is 12.0 Å². The van der Waals surface area contributed by atoms with Crippen LogP contribution in [0.5, 0.6) is 0 Å². The second kappa shape index (κ2) is 5.81. The van der Waals surface area contributed by atoms with Crippen molar-refractivity contribution in [2.45, 2.75) is 44.2 Å². The molecule has 1 amide bonds. The molecule has 0 radical (unpaired) electrons. The summed E-state index contributed by atoms with van der Waals surface area (Å²) < 4.78 is 5.29. The summed E-state index contributed by atoms with van der Waals surface area (Å²) >= 11 is 0. The summed E-state index contributed by atoms with van der Waals surface area (Å²) in [6.45, 7) is 0. The topological polar surface area (TPSA) is 99.4 Å². The summed E-state index contributed by atoms with van der Waals surface area (Å²) in [4.78, 5) is 26.1. The number of likely N-dealkylation sites (tertiary alicyclic amines) is 1. The van der Waals surface area contributed by atoms with Crippen LogP contribution in [0, 0.1) is 5.92 Å². The molecule has 2 aromatic rings. The van der Waals surface area contributed by atoms with Crippen molar-refractivity contribution in [3.8, 4) is 11.5 Å². The lowest BCUT2D eigenvalue weighted by molar-refractivity contribution is -0.141. The zero-order valence-electron chi connectivity index (χ0n) is 13.1. The maximum atomic E-state index is 12.9. The van der Waals surface area contributed by atoms with Gasteiger partial charge in [-0.05, 0) is 37.3 Å². The number of nitrogens with zero attached hydrogens (tertiary/aromatic N) is 2. The van der Waals surface area contributed by atoms with E-state index in [4.69, 9.17) is 4.42 Å². The van der Waals surface area contributed by atoms with Gasteiger partial charge >= 0.3 is 5.97 Å². The third-order valence-electron chi connectivity index (χ3n) is 5.19. The van der Waals surface area contributed by atoms with Gasteiger partial charge in [-0.3, -0.25) is 9.89 Å². The van der Waals surface area contributed by atoms with Crippen LogP contribution in [0.25, 0.3) is 11.5 Å². The van der Waals surface area contributed by atoms with Gasteiger partial charge in [0.2, 0.25) is 0 Å². The van der Waals surface area contributed by atoms with Crippen LogP contribution < -0.4 is 0 Å². The van der Waals surface area contributed by atoms with Crippen molar-refractivity contribution in [2.75, 3.05) is 0 Å². The van der Waals surface area contributed by atoms with E-state index in [1.807, 2.05) is 0 Å². The minimum Gasteiger partial charge on any atom is -0.480 e. The third-order valence-corrected chi connectivity index (χ3v) is 5.19. The smallest absolute Gasteiger partial charge is 0.326 e. The fraction of sp³-hybridized carbons (Fsp3) is 0.471. The predicted octanol–water partition coefficient (Wildman–Crippen LogP) is 2.53. The highest BCUT2D eigenvalue weighted by Crippen LogP contribution is 2.40. The van der Waals surface area contributed by atoms with Crippen LogP contribution in [-0.4, -0.2) is 44.2 Å². The average Bonchev–Trinajstić information content (AvgIpc) is 3.31. The summed E-state index contributed by atoms with van der Waals surface area (Å²) in [6.07, 6.45) is 6.11. The number of carbonyl (C=O) groups excluding carboxylic acids is 1. The molecule has 3 atom stereocenters. The number of rotatable bonds is 3. The Hall–Kier alpha value is -2.57. The molecule has 3 heterocycles. The quantitative estimate of drug-likeness (QED) is 0.901. The van der Waals surface area contributed by atoms with Crippen LogP contribution >= 0.6 is 0 Å². The molecule has 24 heavy (non-hydrogen) atoms. The van der Waals surface area contributed by atoms with E-state index >= 15 is 0 Å². The zero-order chi connectivity index (χ0) is 16.7. The molecule has 1 saturated carbocycles. The van der Waals surface area contributed by atoms with Gasteiger partial charge in [0.05, 0.1) is 6.26 Å². The number of aromatic amines is 1. The molecular formula is C17H19N3O4. The molecule has 126 valence electrons. The van der Waals surface area contributed by atoms with E-state index in [9.17, 15) is 14.7 Å². The van der Waals surface area contributed by atoms with Gasteiger partial charge in [0.25, 0.3) is 5.91 Å². The molecule has 2 aromatic heterocycles. The normalized spacial score (nSPS) is 26.3. The largest absolute Gasteiger partial charge is 0.480 e. The maximum Gasteiger partial charge on any atom is 0.326 e. The molecule has 7 heteroatoms. The first kappa shape index (κ1) is 15.0. The molecule has 1 aliphatic heterocycles. The first-order valence-corrected chi connectivity index (χ1v) is 8.30. The summed E-state index contributed by atoms with van der Waals surface area (Å²) in [6, 6.07) is 4.40. The van der Waals surface area contributed by atoms with Crippen LogP contribution in [-0.2, 0) is 4.79 Å². The molecular weight excluding hydrogens is 310 g/mol. The number of hydrogen-bond acceptors (Lipinski definition) is 4. The van der Waals surface area contributed by atoms with E-state index in [0.29, 0.717) is 17.9 Å². The van der Waals surface area contributed by atoms with E-state index in [-0.39, 0.29) is 23.6 Å². The van der Waals surface area contributed by atoms with Crippen molar-refractivity contribution >= 4 is 11.9 Å². The number of carboxylic acid groups (broad SMARTS) is 1. The number of hydrogen-bond donors (Lipinski definition) is 2. The van der Waals surface area contributed by atoms with Crippen molar-refractivity contribution < 1.29 is 19.1 Å². The highest BCUT2D eigenvalue weighted by Gasteiger charge is 2.48. The summed E-state index contributed by atoms with van der Waals surface area (Å²) in [7, 11) is 0. The first-order chi connectivity index (χ1) is 11.6. The van der Waals surface area contributed by atoms with Gasteiger partial charge in [0, 0.05) is 12.1 Å². The van der Waals surface area contributed by atoms with Crippen LogP contribution in [0.4, 0.5) is 0 Å². The van der Waals surface area contributed by atoms with Crippen molar-refractivity contribution in [3.05, 3.63) is 30.2 Å². The minimum absolute atomic E-state index is 0.0103. The Morgan fingerprint density at radius 2 is 2.17 bits per heavy atom. The number of fused-ring (bicyclic) bond motifs is 1. The number of carbonyl (C=O) groups is 2. The zero-order valence-corrected chi connectivity index (χ0v) is 13.1. The molecule has 7 nitrogen and oxygen atoms in total.